The minimum Gasteiger partial charge on any atom is -0.458 e. The van der Waals surface area contributed by atoms with Crippen LogP contribution in [0.5, 0.6) is 5.75 Å². The molecule has 1 aliphatic carbocycles. The third kappa shape index (κ3) is 6.04. The molecule has 35 heavy (non-hydrogen) atoms. The minimum absolute atomic E-state index is 0.0260. The van der Waals surface area contributed by atoms with Crippen LogP contribution < -0.4 is 4.74 Å². The van der Waals surface area contributed by atoms with Gasteiger partial charge in [0.1, 0.15) is 11.9 Å². The summed E-state index contributed by atoms with van der Waals surface area (Å²) in [5.41, 5.74) is 4.30. The van der Waals surface area contributed by atoms with E-state index < -0.39 is 12.1 Å². The topological polar surface area (TPSA) is 52.6 Å². The molecule has 0 amide bonds. The second kappa shape index (κ2) is 10.8. The fraction of sp³-hybridized carbons (Fsp3) is 0.484. The second-order valence-corrected chi connectivity index (χ2v) is 11.0. The fourth-order valence-corrected chi connectivity index (χ4v) is 5.02. The SMILES string of the molecule is C=Cc1ccccc1C(=O)Oc1cc2c(cc1C(CCCCC)OC(C)=O)C(C)(C)CCC2(C)C. The molecular formula is C31H40O4. The Kier molecular flexibility index (Phi) is 8.25. The van der Waals surface area contributed by atoms with Crippen LogP contribution in [0.1, 0.15) is 119 Å². The zero-order valence-electron chi connectivity index (χ0n) is 22.2. The van der Waals surface area contributed by atoms with Gasteiger partial charge in [-0.15, -0.1) is 0 Å². The molecule has 1 aliphatic rings. The number of esters is 2. The quantitative estimate of drug-likeness (QED) is 0.208. The van der Waals surface area contributed by atoms with Gasteiger partial charge in [0.2, 0.25) is 0 Å². The molecule has 2 aromatic carbocycles. The van der Waals surface area contributed by atoms with Gasteiger partial charge in [0.25, 0.3) is 0 Å². The summed E-state index contributed by atoms with van der Waals surface area (Å²) in [6.45, 7) is 16.4. The third-order valence-electron chi connectivity index (χ3n) is 7.31. The van der Waals surface area contributed by atoms with Gasteiger partial charge >= 0.3 is 11.9 Å². The van der Waals surface area contributed by atoms with E-state index in [1.807, 2.05) is 24.3 Å². The molecule has 0 N–H and O–H groups in total. The first-order valence-corrected chi connectivity index (χ1v) is 12.8. The van der Waals surface area contributed by atoms with Gasteiger partial charge in [-0.05, 0) is 71.4 Å². The lowest BCUT2D eigenvalue weighted by Crippen LogP contribution is -2.34. The highest BCUT2D eigenvalue weighted by atomic mass is 16.6. The molecule has 0 fully saturated rings. The molecule has 0 spiro atoms. The van der Waals surface area contributed by atoms with Crippen molar-refractivity contribution in [3.8, 4) is 5.75 Å². The summed E-state index contributed by atoms with van der Waals surface area (Å²) in [5, 5.41) is 0. The van der Waals surface area contributed by atoms with Crippen LogP contribution in [0, 0.1) is 0 Å². The molecule has 0 radical (unpaired) electrons. The van der Waals surface area contributed by atoms with Gasteiger partial charge in [-0.1, -0.05) is 78.3 Å². The Labute approximate surface area is 210 Å². The lowest BCUT2D eigenvalue weighted by Gasteiger charge is -2.42. The molecule has 1 unspecified atom stereocenters. The van der Waals surface area contributed by atoms with Crippen LogP contribution in [0.2, 0.25) is 0 Å². The largest absolute Gasteiger partial charge is 0.458 e. The van der Waals surface area contributed by atoms with Crippen LogP contribution >= 0.6 is 0 Å². The Morgan fingerprint density at radius 3 is 2.26 bits per heavy atom. The predicted molar refractivity (Wildman–Crippen MR) is 142 cm³/mol. The van der Waals surface area contributed by atoms with Crippen molar-refractivity contribution in [1.82, 2.24) is 0 Å². The van der Waals surface area contributed by atoms with Crippen molar-refractivity contribution in [2.45, 2.75) is 97.0 Å². The average molecular weight is 477 g/mol. The molecule has 2 aromatic rings. The molecule has 4 nitrogen and oxygen atoms in total. The van der Waals surface area contributed by atoms with Gasteiger partial charge < -0.3 is 9.47 Å². The molecule has 188 valence electrons. The zero-order chi connectivity index (χ0) is 25.8. The summed E-state index contributed by atoms with van der Waals surface area (Å²) in [6, 6.07) is 11.4. The van der Waals surface area contributed by atoms with E-state index in [-0.39, 0.29) is 16.8 Å². The number of carbonyl (C=O) groups excluding carboxylic acids is 2. The number of benzene rings is 2. The van der Waals surface area contributed by atoms with E-state index in [0.717, 1.165) is 43.2 Å². The lowest BCUT2D eigenvalue weighted by atomic mass is 9.62. The average Bonchev–Trinajstić information content (AvgIpc) is 2.81. The zero-order valence-corrected chi connectivity index (χ0v) is 22.2. The Balaban J connectivity index is 2.16. The lowest BCUT2D eigenvalue weighted by molar-refractivity contribution is -0.147. The number of hydrogen-bond acceptors (Lipinski definition) is 4. The van der Waals surface area contributed by atoms with Crippen molar-refractivity contribution < 1.29 is 19.1 Å². The first-order valence-electron chi connectivity index (χ1n) is 12.8. The summed E-state index contributed by atoms with van der Waals surface area (Å²) in [4.78, 5) is 25.4. The maximum absolute atomic E-state index is 13.3. The fourth-order valence-electron chi connectivity index (χ4n) is 5.02. The Morgan fingerprint density at radius 2 is 1.66 bits per heavy atom. The molecule has 1 atom stereocenters. The summed E-state index contributed by atoms with van der Waals surface area (Å²) < 4.78 is 11.9. The molecule has 3 rings (SSSR count). The normalized spacial score (nSPS) is 16.6. The van der Waals surface area contributed by atoms with E-state index in [1.165, 1.54) is 18.1 Å². The second-order valence-electron chi connectivity index (χ2n) is 11.0. The number of ether oxygens (including phenoxy) is 2. The van der Waals surface area contributed by atoms with Crippen LogP contribution in [0.3, 0.4) is 0 Å². The molecule has 0 heterocycles. The number of unbranched alkanes of at least 4 members (excludes halogenated alkanes) is 2. The Bertz CT molecular complexity index is 1090. The molecule has 0 aromatic heterocycles. The van der Waals surface area contributed by atoms with Crippen LogP contribution in [0.25, 0.3) is 6.08 Å². The van der Waals surface area contributed by atoms with Crippen molar-refractivity contribution in [1.29, 1.82) is 0 Å². The van der Waals surface area contributed by atoms with Crippen molar-refractivity contribution in [3.63, 3.8) is 0 Å². The summed E-state index contributed by atoms with van der Waals surface area (Å²) in [5.74, 6) is -0.302. The van der Waals surface area contributed by atoms with Gasteiger partial charge in [0, 0.05) is 12.5 Å². The number of fused-ring (bicyclic) bond motifs is 1. The van der Waals surface area contributed by atoms with Gasteiger partial charge in [0.05, 0.1) is 5.56 Å². The molecule has 0 bridgehead atoms. The molecule has 0 saturated heterocycles. The number of carbonyl (C=O) groups is 2. The van der Waals surface area contributed by atoms with Gasteiger partial charge in [-0.3, -0.25) is 4.79 Å². The highest BCUT2D eigenvalue weighted by Gasteiger charge is 2.39. The molecular weight excluding hydrogens is 436 g/mol. The van der Waals surface area contributed by atoms with E-state index in [4.69, 9.17) is 9.47 Å². The van der Waals surface area contributed by atoms with Crippen LogP contribution in [0.15, 0.2) is 43.0 Å². The highest BCUT2D eigenvalue weighted by Crippen LogP contribution is 2.49. The minimum atomic E-state index is -0.470. The molecule has 4 heteroatoms. The maximum atomic E-state index is 13.3. The standard InChI is InChI=1S/C31H40O4/c1-8-10-11-16-27(34-21(3)32)24-19-25-26(31(6,7)18-17-30(25,4)5)20-28(24)35-29(33)23-15-13-12-14-22(23)9-2/h9,12-15,19-20,27H,2,8,10-11,16-18H2,1,3-7H3. The monoisotopic (exact) mass is 476 g/mol. The third-order valence-corrected chi connectivity index (χ3v) is 7.31. The molecule has 0 saturated carbocycles. The first kappa shape index (κ1) is 26.7. The van der Waals surface area contributed by atoms with Crippen LogP contribution in [-0.4, -0.2) is 11.9 Å². The van der Waals surface area contributed by atoms with E-state index in [2.05, 4.69) is 47.3 Å². The number of rotatable bonds is 9. The van der Waals surface area contributed by atoms with E-state index in [0.29, 0.717) is 17.7 Å². The maximum Gasteiger partial charge on any atom is 0.344 e. The highest BCUT2D eigenvalue weighted by molar-refractivity contribution is 5.95. The van der Waals surface area contributed by atoms with Crippen molar-refractivity contribution >= 4 is 18.0 Å². The summed E-state index contributed by atoms with van der Waals surface area (Å²) in [6.07, 6.45) is 7.01. The number of hydrogen-bond donors (Lipinski definition) is 0. The van der Waals surface area contributed by atoms with Crippen molar-refractivity contribution in [3.05, 3.63) is 70.8 Å². The van der Waals surface area contributed by atoms with E-state index >= 15 is 0 Å². The van der Waals surface area contributed by atoms with Gasteiger partial charge in [-0.25, -0.2) is 4.79 Å². The Morgan fingerprint density at radius 1 is 1.03 bits per heavy atom. The summed E-state index contributed by atoms with van der Waals surface area (Å²) >= 11 is 0. The van der Waals surface area contributed by atoms with Crippen LogP contribution in [0.4, 0.5) is 0 Å². The van der Waals surface area contributed by atoms with Crippen molar-refractivity contribution in [2.24, 2.45) is 0 Å². The van der Waals surface area contributed by atoms with Crippen LogP contribution in [-0.2, 0) is 20.4 Å². The van der Waals surface area contributed by atoms with Crippen molar-refractivity contribution in [2.75, 3.05) is 0 Å². The van der Waals surface area contributed by atoms with E-state index in [9.17, 15) is 9.59 Å². The smallest absolute Gasteiger partial charge is 0.344 e. The van der Waals surface area contributed by atoms with Gasteiger partial charge in [-0.2, -0.15) is 0 Å². The first-order chi connectivity index (χ1) is 16.5. The Hall–Kier alpha value is -2.88. The predicted octanol–water partition coefficient (Wildman–Crippen LogP) is 8.08. The van der Waals surface area contributed by atoms with Gasteiger partial charge in [0.15, 0.2) is 0 Å². The summed E-state index contributed by atoms with van der Waals surface area (Å²) in [7, 11) is 0. The van der Waals surface area contributed by atoms with E-state index in [1.54, 1.807) is 12.1 Å². The molecule has 0 aliphatic heterocycles.